The minimum atomic E-state index is -4.30. The first-order valence-corrected chi connectivity index (χ1v) is 9.78. The smallest absolute Gasteiger partial charge is 0.352 e. The molecule has 0 unspecified atom stereocenters. The third kappa shape index (κ3) is 4.19. The fraction of sp³-hybridized carbons (Fsp3) is 0.450. The van der Waals surface area contributed by atoms with Crippen LogP contribution in [0.4, 0.5) is 19.0 Å². The molecule has 29 heavy (non-hydrogen) atoms. The molecular weight excluding hydrogens is 381 g/mol. The Morgan fingerprint density at radius 1 is 1.00 bits per heavy atom. The number of benzene rings is 1. The van der Waals surface area contributed by atoms with Gasteiger partial charge in [0.25, 0.3) is 0 Å². The van der Waals surface area contributed by atoms with Crippen LogP contribution in [0.15, 0.2) is 36.7 Å². The highest BCUT2D eigenvalue weighted by atomic mass is 19.4. The van der Waals surface area contributed by atoms with Gasteiger partial charge in [-0.25, -0.2) is 4.98 Å². The van der Waals surface area contributed by atoms with Gasteiger partial charge in [0.2, 0.25) is 5.65 Å². The van der Waals surface area contributed by atoms with Gasteiger partial charge in [-0.3, -0.25) is 9.30 Å². The lowest BCUT2D eigenvalue weighted by Crippen LogP contribution is -2.31. The number of halogens is 3. The number of aromatic nitrogens is 4. The maximum Gasteiger partial charge on any atom is 0.416 e. The highest BCUT2D eigenvalue weighted by Crippen LogP contribution is 2.29. The molecule has 154 valence electrons. The third-order valence-electron chi connectivity index (χ3n) is 5.27. The Kier molecular flexibility index (Phi) is 5.40. The molecule has 0 bridgehead atoms. The van der Waals surface area contributed by atoms with Gasteiger partial charge in [0.1, 0.15) is 5.82 Å². The van der Waals surface area contributed by atoms with Gasteiger partial charge in [-0.1, -0.05) is 19.1 Å². The summed E-state index contributed by atoms with van der Waals surface area (Å²) < 4.78 is 40.2. The molecule has 3 aromatic rings. The van der Waals surface area contributed by atoms with Gasteiger partial charge in [0.05, 0.1) is 5.56 Å². The van der Waals surface area contributed by atoms with Gasteiger partial charge in [-0.2, -0.15) is 13.2 Å². The van der Waals surface area contributed by atoms with Crippen LogP contribution in [-0.2, 0) is 19.1 Å². The topological polar surface area (TPSA) is 49.6 Å². The molecule has 2 aromatic heterocycles. The van der Waals surface area contributed by atoms with Crippen molar-refractivity contribution in [1.29, 1.82) is 0 Å². The van der Waals surface area contributed by atoms with E-state index in [9.17, 15) is 13.2 Å². The Morgan fingerprint density at radius 3 is 2.52 bits per heavy atom. The Morgan fingerprint density at radius 2 is 1.79 bits per heavy atom. The monoisotopic (exact) mass is 404 g/mol. The maximum atomic E-state index is 12.7. The van der Waals surface area contributed by atoms with Crippen molar-refractivity contribution >= 4 is 11.5 Å². The largest absolute Gasteiger partial charge is 0.416 e. The average Bonchev–Trinajstić information content (AvgIpc) is 3.00. The third-order valence-corrected chi connectivity index (χ3v) is 5.27. The van der Waals surface area contributed by atoms with Crippen LogP contribution in [0, 0.1) is 0 Å². The molecule has 0 atom stereocenters. The molecule has 4 rings (SSSR count). The SMILES string of the molecule is CCc1nnc2c(N3CCCN(Cc4ccc(C(F)(F)F)cc4)CC3)nccn12. The standard InChI is InChI=1S/C20H23F3N6/c1-2-17-25-26-19-18(24-8-11-29(17)19)28-10-3-9-27(12-13-28)14-15-4-6-16(7-5-15)20(21,22)23/h4-8,11H,2-3,9-10,12-14H2,1H3. The molecule has 1 saturated heterocycles. The lowest BCUT2D eigenvalue weighted by Gasteiger charge is -2.23. The molecule has 0 saturated carbocycles. The van der Waals surface area contributed by atoms with Crippen LogP contribution in [0.2, 0.25) is 0 Å². The van der Waals surface area contributed by atoms with E-state index in [0.29, 0.717) is 6.54 Å². The Hall–Kier alpha value is -2.68. The second-order valence-electron chi connectivity index (χ2n) is 7.23. The molecule has 3 heterocycles. The van der Waals surface area contributed by atoms with Crippen molar-refractivity contribution in [3.8, 4) is 0 Å². The summed E-state index contributed by atoms with van der Waals surface area (Å²) in [4.78, 5) is 9.03. The fourth-order valence-electron chi connectivity index (χ4n) is 3.72. The summed E-state index contributed by atoms with van der Waals surface area (Å²) in [5, 5.41) is 8.56. The summed E-state index contributed by atoms with van der Waals surface area (Å²) in [6.07, 6.45) is 1.10. The van der Waals surface area contributed by atoms with Crippen molar-refractivity contribution in [2.24, 2.45) is 0 Å². The summed E-state index contributed by atoms with van der Waals surface area (Å²) in [5.74, 6) is 1.73. The molecule has 1 aromatic carbocycles. The number of nitrogens with zero attached hydrogens (tertiary/aromatic N) is 6. The summed E-state index contributed by atoms with van der Waals surface area (Å²) >= 11 is 0. The first kappa shape index (κ1) is 19.6. The molecule has 0 aliphatic carbocycles. The van der Waals surface area contributed by atoms with Crippen LogP contribution in [0.1, 0.15) is 30.3 Å². The van der Waals surface area contributed by atoms with E-state index < -0.39 is 11.7 Å². The van der Waals surface area contributed by atoms with Gasteiger partial charge in [0.15, 0.2) is 5.82 Å². The predicted molar refractivity (Wildman–Crippen MR) is 104 cm³/mol. The van der Waals surface area contributed by atoms with E-state index in [1.54, 1.807) is 18.3 Å². The number of alkyl halides is 3. The number of aryl methyl sites for hydroxylation is 1. The maximum absolute atomic E-state index is 12.7. The summed E-state index contributed by atoms with van der Waals surface area (Å²) in [5.41, 5.74) is 1.04. The van der Waals surface area contributed by atoms with Crippen LogP contribution in [0.25, 0.3) is 5.65 Å². The zero-order valence-electron chi connectivity index (χ0n) is 16.2. The predicted octanol–water partition coefficient (Wildman–Crippen LogP) is 3.42. The average molecular weight is 404 g/mol. The summed E-state index contributed by atoms with van der Waals surface area (Å²) in [6, 6.07) is 5.44. The molecule has 0 radical (unpaired) electrons. The van der Waals surface area contributed by atoms with Gasteiger partial charge in [-0.05, 0) is 24.1 Å². The van der Waals surface area contributed by atoms with Crippen molar-refractivity contribution in [2.45, 2.75) is 32.5 Å². The number of anilines is 1. The highest BCUT2D eigenvalue weighted by Gasteiger charge is 2.30. The van der Waals surface area contributed by atoms with E-state index >= 15 is 0 Å². The molecule has 0 N–H and O–H groups in total. The van der Waals surface area contributed by atoms with Gasteiger partial charge >= 0.3 is 6.18 Å². The number of fused-ring (bicyclic) bond motifs is 1. The Balaban J connectivity index is 1.44. The van der Waals surface area contributed by atoms with Crippen molar-refractivity contribution in [1.82, 2.24) is 24.5 Å². The lowest BCUT2D eigenvalue weighted by atomic mass is 10.1. The highest BCUT2D eigenvalue weighted by molar-refractivity contribution is 5.63. The van der Waals surface area contributed by atoms with Crippen LogP contribution >= 0.6 is 0 Å². The first-order valence-electron chi connectivity index (χ1n) is 9.78. The quantitative estimate of drug-likeness (QED) is 0.667. The van der Waals surface area contributed by atoms with E-state index in [4.69, 9.17) is 0 Å². The first-order chi connectivity index (χ1) is 14.0. The number of rotatable bonds is 4. The van der Waals surface area contributed by atoms with Crippen molar-refractivity contribution < 1.29 is 13.2 Å². The van der Waals surface area contributed by atoms with Gasteiger partial charge < -0.3 is 4.90 Å². The Bertz CT molecular complexity index is 967. The molecule has 1 aliphatic rings. The Labute approximate surface area is 167 Å². The van der Waals surface area contributed by atoms with E-state index in [0.717, 1.165) is 74.0 Å². The van der Waals surface area contributed by atoms with Crippen molar-refractivity contribution in [2.75, 3.05) is 31.1 Å². The van der Waals surface area contributed by atoms with E-state index in [1.807, 2.05) is 17.5 Å². The normalized spacial score (nSPS) is 16.3. The van der Waals surface area contributed by atoms with Crippen LogP contribution in [0.5, 0.6) is 0 Å². The van der Waals surface area contributed by atoms with E-state index in [1.165, 1.54) is 0 Å². The van der Waals surface area contributed by atoms with Crippen molar-refractivity contribution in [3.63, 3.8) is 0 Å². The molecule has 1 fully saturated rings. The second-order valence-corrected chi connectivity index (χ2v) is 7.23. The van der Waals surface area contributed by atoms with Gasteiger partial charge in [-0.15, -0.1) is 10.2 Å². The molecule has 6 nitrogen and oxygen atoms in total. The lowest BCUT2D eigenvalue weighted by molar-refractivity contribution is -0.137. The van der Waals surface area contributed by atoms with Crippen LogP contribution in [-0.4, -0.2) is 50.7 Å². The van der Waals surface area contributed by atoms with Gasteiger partial charge in [0, 0.05) is 51.5 Å². The zero-order valence-corrected chi connectivity index (χ0v) is 16.2. The van der Waals surface area contributed by atoms with E-state index in [-0.39, 0.29) is 0 Å². The number of hydrogen-bond acceptors (Lipinski definition) is 5. The molecular formula is C20H23F3N6. The van der Waals surface area contributed by atoms with Crippen LogP contribution < -0.4 is 4.90 Å². The van der Waals surface area contributed by atoms with Crippen molar-refractivity contribution in [3.05, 3.63) is 53.6 Å². The summed E-state index contributed by atoms with van der Waals surface area (Å²) in [6.45, 7) is 5.99. The minimum Gasteiger partial charge on any atom is -0.352 e. The molecule has 0 amide bonds. The zero-order chi connectivity index (χ0) is 20.4. The minimum absolute atomic E-state index is 0.609. The molecule has 0 spiro atoms. The summed E-state index contributed by atoms with van der Waals surface area (Å²) in [7, 11) is 0. The van der Waals surface area contributed by atoms with Crippen LogP contribution in [0.3, 0.4) is 0 Å². The molecule has 1 aliphatic heterocycles. The fourth-order valence-corrected chi connectivity index (χ4v) is 3.72. The van der Waals surface area contributed by atoms with E-state index in [2.05, 4.69) is 25.0 Å². The molecule has 9 heteroatoms. The second kappa shape index (κ2) is 7.98. The number of hydrogen-bond donors (Lipinski definition) is 0.